The third-order valence-corrected chi connectivity index (χ3v) is 5.53. The van der Waals surface area contributed by atoms with Crippen molar-refractivity contribution in [1.82, 2.24) is 14.8 Å². The predicted molar refractivity (Wildman–Crippen MR) is 127 cm³/mol. The topological polar surface area (TPSA) is 69.0 Å². The van der Waals surface area contributed by atoms with Gasteiger partial charge in [0.05, 0.1) is 18.1 Å². The number of hydrogen-bond donors (Lipinski definition) is 1. The lowest BCUT2D eigenvalue weighted by atomic mass is 10.1. The number of aromatic nitrogens is 3. The van der Waals surface area contributed by atoms with E-state index in [1.165, 1.54) is 12.1 Å². The molecule has 7 heteroatoms. The summed E-state index contributed by atoms with van der Waals surface area (Å²) < 4.78 is 20.6. The summed E-state index contributed by atoms with van der Waals surface area (Å²) in [5.74, 6) is 0.145. The molecule has 0 spiro atoms. The molecule has 33 heavy (non-hydrogen) atoms. The number of aryl methyl sites for hydroxylation is 1. The van der Waals surface area contributed by atoms with Crippen molar-refractivity contribution in [2.45, 2.75) is 13.5 Å². The maximum atomic E-state index is 13.5. The zero-order valence-electron chi connectivity index (χ0n) is 18.2. The number of amides is 1. The lowest BCUT2D eigenvalue weighted by Crippen LogP contribution is -2.19. The second-order valence-corrected chi connectivity index (χ2v) is 7.83. The molecule has 0 aliphatic heterocycles. The Morgan fingerprint density at radius 2 is 1.79 bits per heavy atom. The lowest BCUT2D eigenvalue weighted by molar-refractivity contribution is -0.116. The van der Waals surface area contributed by atoms with Gasteiger partial charge in [-0.05, 0) is 61.5 Å². The van der Waals surface area contributed by atoms with Gasteiger partial charge in [0.25, 0.3) is 0 Å². The highest BCUT2D eigenvalue weighted by atomic mass is 19.1. The van der Waals surface area contributed by atoms with Gasteiger partial charge in [0.1, 0.15) is 23.8 Å². The number of rotatable bonds is 5. The Labute approximate surface area is 189 Å². The van der Waals surface area contributed by atoms with Crippen LogP contribution in [0.4, 0.5) is 10.1 Å². The number of hydrogen-bond acceptors (Lipinski definition) is 4. The molecule has 2 heterocycles. The molecule has 1 N–H and O–H groups in total. The number of carbonyl (C=O) groups excluding carboxylic acids is 1. The van der Waals surface area contributed by atoms with E-state index in [0.717, 1.165) is 32.9 Å². The Bertz CT molecular complexity index is 1480. The molecular weight excluding hydrogens is 419 g/mol. The average Bonchev–Trinajstić information content (AvgIpc) is 3.19. The molecule has 2 aromatic heterocycles. The van der Waals surface area contributed by atoms with E-state index in [-0.39, 0.29) is 18.3 Å². The van der Waals surface area contributed by atoms with Crippen LogP contribution in [0, 0.1) is 12.7 Å². The van der Waals surface area contributed by atoms with Gasteiger partial charge in [0, 0.05) is 28.2 Å². The summed E-state index contributed by atoms with van der Waals surface area (Å²) >= 11 is 0. The number of methoxy groups -OCH3 is 1. The molecule has 5 aromatic rings. The van der Waals surface area contributed by atoms with Gasteiger partial charge >= 0.3 is 0 Å². The minimum absolute atomic E-state index is 0.00188. The lowest BCUT2D eigenvalue weighted by Gasteiger charge is -2.08. The molecule has 3 aromatic carbocycles. The zero-order chi connectivity index (χ0) is 22.9. The summed E-state index contributed by atoms with van der Waals surface area (Å²) in [5.41, 5.74) is 4.72. The van der Waals surface area contributed by atoms with E-state index >= 15 is 0 Å². The van der Waals surface area contributed by atoms with Crippen molar-refractivity contribution in [3.05, 3.63) is 84.3 Å². The average molecular weight is 440 g/mol. The van der Waals surface area contributed by atoms with Crippen LogP contribution in [-0.2, 0) is 11.3 Å². The van der Waals surface area contributed by atoms with Gasteiger partial charge in [-0.15, -0.1) is 0 Å². The van der Waals surface area contributed by atoms with Crippen molar-refractivity contribution < 1.29 is 13.9 Å². The molecule has 0 fully saturated rings. The maximum Gasteiger partial charge on any atom is 0.246 e. The van der Waals surface area contributed by atoms with Crippen LogP contribution >= 0.6 is 0 Å². The summed E-state index contributed by atoms with van der Waals surface area (Å²) in [6.45, 7) is 1.99. The van der Waals surface area contributed by atoms with Gasteiger partial charge in [0.2, 0.25) is 5.91 Å². The number of pyridine rings is 1. The SMILES string of the molecule is COc1ccc2ncc3c(-c4ccc(F)cc4)nn(CC(=O)Nc4ccc(C)cc4)c3c2c1. The number of fused-ring (bicyclic) bond motifs is 3. The monoisotopic (exact) mass is 440 g/mol. The first-order valence-corrected chi connectivity index (χ1v) is 10.5. The minimum Gasteiger partial charge on any atom is -0.497 e. The molecule has 0 aliphatic rings. The van der Waals surface area contributed by atoms with Crippen molar-refractivity contribution in [2.75, 3.05) is 12.4 Å². The smallest absolute Gasteiger partial charge is 0.246 e. The van der Waals surface area contributed by atoms with Gasteiger partial charge in [-0.2, -0.15) is 5.10 Å². The standard InChI is InChI=1S/C26H21FN4O2/c1-16-3-9-19(10-4-16)29-24(32)15-31-26-21-13-20(33-2)11-12-23(21)28-14-22(26)25(30-31)17-5-7-18(27)8-6-17/h3-14H,15H2,1-2H3,(H,29,32). The molecule has 0 bridgehead atoms. The summed E-state index contributed by atoms with van der Waals surface area (Å²) in [4.78, 5) is 17.5. The van der Waals surface area contributed by atoms with Gasteiger partial charge in [-0.3, -0.25) is 14.5 Å². The fraction of sp³-hybridized carbons (Fsp3) is 0.115. The highest BCUT2D eigenvalue weighted by Crippen LogP contribution is 2.33. The van der Waals surface area contributed by atoms with Crippen molar-refractivity contribution >= 4 is 33.4 Å². The van der Waals surface area contributed by atoms with Crippen LogP contribution in [0.5, 0.6) is 5.75 Å². The van der Waals surface area contributed by atoms with E-state index in [2.05, 4.69) is 10.3 Å². The first-order chi connectivity index (χ1) is 16.0. The molecule has 0 aliphatic carbocycles. The van der Waals surface area contributed by atoms with E-state index in [0.29, 0.717) is 17.1 Å². The molecule has 0 atom stereocenters. The van der Waals surface area contributed by atoms with Crippen LogP contribution in [0.1, 0.15) is 5.56 Å². The second-order valence-electron chi connectivity index (χ2n) is 7.83. The molecule has 164 valence electrons. The molecule has 0 unspecified atom stereocenters. The highest BCUT2D eigenvalue weighted by Gasteiger charge is 2.18. The van der Waals surface area contributed by atoms with Gasteiger partial charge in [-0.25, -0.2) is 4.39 Å². The number of ether oxygens (including phenoxy) is 1. The fourth-order valence-electron chi connectivity index (χ4n) is 3.87. The Morgan fingerprint density at radius 1 is 1.03 bits per heavy atom. The highest BCUT2D eigenvalue weighted by molar-refractivity contribution is 6.09. The number of nitrogens with one attached hydrogen (secondary N) is 1. The third kappa shape index (κ3) is 4.01. The number of nitrogens with zero attached hydrogens (tertiary/aromatic N) is 3. The Morgan fingerprint density at radius 3 is 2.52 bits per heavy atom. The summed E-state index contributed by atoms with van der Waals surface area (Å²) in [7, 11) is 1.60. The van der Waals surface area contributed by atoms with E-state index in [9.17, 15) is 9.18 Å². The normalized spacial score (nSPS) is 11.1. The van der Waals surface area contributed by atoms with Crippen molar-refractivity contribution in [3.63, 3.8) is 0 Å². The molecule has 0 radical (unpaired) electrons. The van der Waals surface area contributed by atoms with Gasteiger partial charge < -0.3 is 10.1 Å². The molecule has 0 saturated heterocycles. The third-order valence-electron chi connectivity index (χ3n) is 5.53. The fourth-order valence-corrected chi connectivity index (χ4v) is 3.87. The summed E-state index contributed by atoms with van der Waals surface area (Å²) in [6, 6.07) is 19.3. The molecule has 5 rings (SSSR count). The van der Waals surface area contributed by atoms with Crippen molar-refractivity contribution in [2.24, 2.45) is 0 Å². The van der Waals surface area contributed by atoms with Crippen molar-refractivity contribution in [3.8, 4) is 17.0 Å². The number of halogens is 1. The second kappa shape index (κ2) is 8.35. The quantitative estimate of drug-likeness (QED) is 0.400. The maximum absolute atomic E-state index is 13.5. The van der Waals surface area contributed by atoms with Crippen LogP contribution in [0.2, 0.25) is 0 Å². The van der Waals surface area contributed by atoms with Crippen LogP contribution < -0.4 is 10.1 Å². The van der Waals surface area contributed by atoms with Crippen LogP contribution in [0.3, 0.4) is 0 Å². The number of anilines is 1. The van der Waals surface area contributed by atoms with Gasteiger partial charge in [-0.1, -0.05) is 17.7 Å². The molecule has 0 saturated carbocycles. The van der Waals surface area contributed by atoms with E-state index in [1.54, 1.807) is 30.1 Å². The number of carbonyl (C=O) groups is 1. The Kier molecular flexibility index (Phi) is 5.22. The summed E-state index contributed by atoms with van der Waals surface area (Å²) in [6.07, 6.45) is 1.74. The molecular formula is C26H21FN4O2. The van der Waals surface area contributed by atoms with E-state index in [4.69, 9.17) is 9.84 Å². The Hall–Kier alpha value is -4.26. The van der Waals surface area contributed by atoms with Crippen LogP contribution in [0.15, 0.2) is 72.9 Å². The summed E-state index contributed by atoms with van der Waals surface area (Å²) in [5, 5.41) is 9.25. The molecule has 1 amide bonds. The zero-order valence-corrected chi connectivity index (χ0v) is 18.2. The van der Waals surface area contributed by atoms with Crippen LogP contribution in [0.25, 0.3) is 33.1 Å². The number of benzene rings is 3. The van der Waals surface area contributed by atoms with E-state index < -0.39 is 0 Å². The Balaban J connectivity index is 1.63. The first kappa shape index (κ1) is 20.6. The minimum atomic E-state index is -0.326. The largest absolute Gasteiger partial charge is 0.497 e. The van der Waals surface area contributed by atoms with Crippen LogP contribution in [-0.4, -0.2) is 27.8 Å². The first-order valence-electron chi connectivity index (χ1n) is 10.5. The molecule has 6 nitrogen and oxygen atoms in total. The van der Waals surface area contributed by atoms with Gasteiger partial charge in [0.15, 0.2) is 0 Å². The van der Waals surface area contributed by atoms with Crippen molar-refractivity contribution in [1.29, 1.82) is 0 Å². The van der Waals surface area contributed by atoms with E-state index in [1.807, 2.05) is 49.4 Å². The predicted octanol–water partition coefficient (Wildman–Crippen LogP) is 5.35.